The molecule has 1 saturated carbocycles. The third-order valence-electron chi connectivity index (χ3n) is 3.99. The number of rotatable bonds is 6. The number of nitrogen functional groups attached to an aromatic ring is 1. The first kappa shape index (κ1) is 13.7. The van der Waals surface area contributed by atoms with Crippen molar-refractivity contribution in [2.45, 2.75) is 33.1 Å². The van der Waals surface area contributed by atoms with E-state index in [0.29, 0.717) is 23.2 Å². The highest BCUT2D eigenvalue weighted by molar-refractivity contribution is 6.00. The second-order valence-corrected chi connectivity index (χ2v) is 5.37. The van der Waals surface area contributed by atoms with Gasteiger partial charge < -0.3 is 16.4 Å². The number of hydrogen-bond acceptors (Lipinski definition) is 3. The van der Waals surface area contributed by atoms with Crippen LogP contribution in [0.2, 0.25) is 0 Å². The van der Waals surface area contributed by atoms with Gasteiger partial charge in [0.05, 0.1) is 5.56 Å². The third-order valence-corrected chi connectivity index (χ3v) is 3.99. The van der Waals surface area contributed by atoms with E-state index < -0.39 is 0 Å². The van der Waals surface area contributed by atoms with Gasteiger partial charge >= 0.3 is 0 Å². The molecular weight excluding hydrogens is 238 g/mol. The molecule has 4 nitrogen and oxygen atoms in total. The first-order valence-corrected chi connectivity index (χ1v) is 7.02. The lowest BCUT2D eigenvalue weighted by Gasteiger charge is -2.17. The topological polar surface area (TPSA) is 67.2 Å². The van der Waals surface area contributed by atoms with Gasteiger partial charge in [-0.15, -0.1) is 0 Å². The van der Waals surface area contributed by atoms with E-state index in [9.17, 15) is 4.79 Å². The van der Waals surface area contributed by atoms with E-state index in [2.05, 4.69) is 17.6 Å². The van der Waals surface area contributed by atoms with Crippen LogP contribution in [0.25, 0.3) is 0 Å². The summed E-state index contributed by atoms with van der Waals surface area (Å²) in [6.07, 6.45) is 3.73. The third kappa shape index (κ3) is 3.19. The van der Waals surface area contributed by atoms with Crippen molar-refractivity contribution >= 4 is 17.3 Å². The zero-order valence-electron chi connectivity index (χ0n) is 11.8. The van der Waals surface area contributed by atoms with Gasteiger partial charge in [-0.05, 0) is 49.8 Å². The van der Waals surface area contributed by atoms with Crippen LogP contribution in [0.15, 0.2) is 18.2 Å². The minimum absolute atomic E-state index is 0.0497. The highest BCUT2D eigenvalue weighted by Crippen LogP contribution is 2.48. The molecule has 19 heavy (non-hydrogen) atoms. The fourth-order valence-electron chi connectivity index (χ4n) is 2.28. The SMILES string of the molecule is CCNC(=O)c1ccc(N)cc1NCC1(CC)CC1. The Morgan fingerprint density at radius 1 is 1.37 bits per heavy atom. The summed E-state index contributed by atoms with van der Waals surface area (Å²) in [6.45, 7) is 5.68. The zero-order valence-corrected chi connectivity index (χ0v) is 11.8. The van der Waals surface area contributed by atoms with Crippen molar-refractivity contribution in [1.29, 1.82) is 0 Å². The normalized spacial score (nSPS) is 15.9. The number of nitrogens with two attached hydrogens (primary N) is 1. The first-order chi connectivity index (χ1) is 9.10. The number of carbonyl (C=O) groups is 1. The molecule has 1 aromatic carbocycles. The molecule has 1 fully saturated rings. The van der Waals surface area contributed by atoms with E-state index in [1.54, 1.807) is 12.1 Å². The number of amides is 1. The van der Waals surface area contributed by atoms with E-state index in [-0.39, 0.29) is 5.91 Å². The molecule has 0 heterocycles. The van der Waals surface area contributed by atoms with Crippen molar-refractivity contribution in [2.24, 2.45) is 5.41 Å². The number of nitrogens with one attached hydrogen (secondary N) is 2. The van der Waals surface area contributed by atoms with Crippen LogP contribution in [0.1, 0.15) is 43.5 Å². The predicted octanol–water partition coefficient (Wildman–Crippen LogP) is 2.62. The van der Waals surface area contributed by atoms with Crippen molar-refractivity contribution in [3.05, 3.63) is 23.8 Å². The number of benzene rings is 1. The molecule has 0 aliphatic heterocycles. The molecule has 104 valence electrons. The van der Waals surface area contributed by atoms with Gasteiger partial charge in [-0.25, -0.2) is 0 Å². The molecule has 0 spiro atoms. The molecule has 2 rings (SSSR count). The lowest BCUT2D eigenvalue weighted by molar-refractivity contribution is 0.0956. The molecule has 4 N–H and O–H groups in total. The van der Waals surface area contributed by atoms with Crippen molar-refractivity contribution in [3.63, 3.8) is 0 Å². The minimum Gasteiger partial charge on any atom is -0.399 e. The van der Waals surface area contributed by atoms with Crippen LogP contribution >= 0.6 is 0 Å². The van der Waals surface area contributed by atoms with Gasteiger partial charge in [-0.2, -0.15) is 0 Å². The monoisotopic (exact) mass is 261 g/mol. The molecule has 1 aromatic rings. The molecule has 0 aromatic heterocycles. The Kier molecular flexibility index (Phi) is 3.98. The van der Waals surface area contributed by atoms with E-state index in [1.165, 1.54) is 19.3 Å². The van der Waals surface area contributed by atoms with E-state index >= 15 is 0 Å². The standard InChI is InChI=1S/C15H23N3O/c1-3-15(7-8-15)10-18-13-9-11(16)5-6-12(13)14(19)17-4-2/h5-6,9,18H,3-4,7-8,10,16H2,1-2H3,(H,17,19). The molecule has 1 aliphatic rings. The van der Waals surface area contributed by atoms with Gasteiger partial charge in [0.15, 0.2) is 0 Å². The average Bonchev–Trinajstić information content (AvgIpc) is 3.17. The first-order valence-electron chi connectivity index (χ1n) is 7.02. The lowest BCUT2D eigenvalue weighted by Crippen LogP contribution is -2.25. The highest BCUT2D eigenvalue weighted by atomic mass is 16.1. The smallest absolute Gasteiger partial charge is 0.253 e. The molecule has 0 bridgehead atoms. The maximum Gasteiger partial charge on any atom is 0.253 e. The van der Waals surface area contributed by atoms with Gasteiger partial charge in [-0.3, -0.25) is 4.79 Å². The quantitative estimate of drug-likeness (QED) is 0.690. The molecule has 0 unspecified atom stereocenters. The van der Waals surface area contributed by atoms with Crippen molar-refractivity contribution in [1.82, 2.24) is 5.32 Å². The van der Waals surface area contributed by atoms with Crippen LogP contribution in [0, 0.1) is 5.41 Å². The minimum atomic E-state index is -0.0497. The lowest BCUT2D eigenvalue weighted by atomic mass is 10.0. The Balaban J connectivity index is 2.13. The van der Waals surface area contributed by atoms with E-state index in [0.717, 1.165) is 12.2 Å². The Bertz CT molecular complexity index is 466. The second-order valence-electron chi connectivity index (χ2n) is 5.37. The fourth-order valence-corrected chi connectivity index (χ4v) is 2.28. The number of anilines is 2. The summed E-state index contributed by atoms with van der Waals surface area (Å²) >= 11 is 0. The second kappa shape index (κ2) is 5.51. The van der Waals surface area contributed by atoms with Gasteiger partial charge in [0.2, 0.25) is 0 Å². The van der Waals surface area contributed by atoms with Crippen LogP contribution in [0.3, 0.4) is 0 Å². The molecule has 1 amide bonds. The molecule has 0 radical (unpaired) electrons. The van der Waals surface area contributed by atoms with Crippen LogP contribution in [0.5, 0.6) is 0 Å². The predicted molar refractivity (Wildman–Crippen MR) is 79.3 cm³/mol. The summed E-state index contributed by atoms with van der Waals surface area (Å²) in [6, 6.07) is 5.40. The van der Waals surface area contributed by atoms with Crippen molar-refractivity contribution < 1.29 is 4.79 Å². The summed E-state index contributed by atoms with van der Waals surface area (Å²) in [4.78, 5) is 12.0. The Morgan fingerprint density at radius 3 is 2.68 bits per heavy atom. The van der Waals surface area contributed by atoms with Gasteiger partial charge in [0.1, 0.15) is 0 Å². The van der Waals surface area contributed by atoms with Gasteiger partial charge in [0, 0.05) is 24.5 Å². The van der Waals surface area contributed by atoms with Crippen LogP contribution in [0.4, 0.5) is 11.4 Å². The van der Waals surface area contributed by atoms with Gasteiger partial charge in [0.25, 0.3) is 5.91 Å². The summed E-state index contributed by atoms with van der Waals surface area (Å²) in [5.74, 6) is -0.0497. The molecule has 0 saturated heterocycles. The largest absolute Gasteiger partial charge is 0.399 e. The molecular formula is C15H23N3O. The Labute approximate surface area is 114 Å². The Morgan fingerprint density at radius 2 is 2.11 bits per heavy atom. The van der Waals surface area contributed by atoms with Crippen LogP contribution in [-0.2, 0) is 0 Å². The van der Waals surface area contributed by atoms with Gasteiger partial charge in [-0.1, -0.05) is 6.92 Å². The molecule has 0 atom stereocenters. The highest BCUT2D eigenvalue weighted by Gasteiger charge is 2.40. The summed E-state index contributed by atoms with van der Waals surface area (Å²) in [5.41, 5.74) is 8.44. The molecule has 4 heteroatoms. The maximum absolute atomic E-state index is 12.0. The van der Waals surface area contributed by atoms with E-state index in [4.69, 9.17) is 5.73 Å². The van der Waals surface area contributed by atoms with Crippen molar-refractivity contribution in [3.8, 4) is 0 Å². The summed E-state index contributed by atoms with van der Waals surface area (Å²) in [5, 5.41) is 6.23. The van der Waals surface area contributed by atoms with E-state index in [1.807, 2.05) is 13.0 Å². The van der Waals surface area contributed by atoms with Crippen molar-refractivity contribution in [2.75, 3.05) is 24.1 Å². The fraction of sp³-hybridized carbons (Fsp3) is 0.533. The number of carbonyl (C=O) groups excluding carboxylic acids is 1. The summed E-state index contributed by atoms with van der Waals surface area (Å²) in [7, 11) is 0. The summed E-state index contributed by atoms with van der Waals surface area (Å²) < 4.78 is 0. The maximum atomic E-state index is 12.0. The zero-order chi connectivity index (χ0) is 13.9. The number of hydrogen-bond donors (Lipinski definition) is 3. The average molecular weight is 261 g/mol. The molecule has 1 aliphatic carbocycles. The Hall–Kier alpha value is -1.71. The van der Waals surface area contributed by atoms with Crippen LogP contribution < -0.4 is 16.4 Å². The van der Waals surface area contributed by atoms with Crippen LogP contribution in [-0.4, -0.2) is 19.0 Å².